The van der Waals surface area contributed by atoms with E-state index < -0.39 is 9.84 Å². The molecule has 1 fully saturated rings. The van der Waals surface area contributed by atoms with E-state index in [1.807, 2.05) is 30.6 Å². The molecule has 11 nitrogen and oxygen atoms in total. The molecule has 42 heavy (non-hydrogen) atoms. The molecule has 0 aliphatic carbocycles. The molecule has 1 unspecified atom stereocenters. The standard InChI is InChI=1S/C29H28N8O3S2/c1-17-16-31-29(41-17)19-10-11-21(23(13-19)42(3,38)39)34-22-14-25(35-24-8-6-7-20(15-30)33-24)36-28-27(22)32-18(2)37(28)26-9-4-5-12-40-26/h6-8,10-11,13-14,16,26H,4-5,9,12H2,1-3H3,(H2,33,34,35,36). The van der Waals surface area contributed by atoms with Crippen molar-refractivity contribution in [2.75, 3.05) is 23.5 Å². The molecular weight excluding hydrogens is 573 g/mol. The van der Waals surface area contributed by atoms with Gasteiger partial charge in [-0.2, -0.15) is 5.26 Å². The van der Waals surface area contributed by atoms with Gasteiger partial charge in [0.15, 0.2) is 15.5 Å². The molecule has 1 aliphatic rings. The van der Waals surface area contributed by atoms with Crippen LogP contribution in [0.5, 0.6) is 0 Å². The molecule has 0 saturated carbocycles. The number of ether oxygens (including phenoxy) is 1. The predicted octanol–water partition coefficient (Wildman–Crippen LogP) is 6.03. The summed E-state index contributed by atoms with van der Waals surface area (Å²) < 4.78 is 34.0. The molecular formula is C29H28N8O3S2. The van der Waals surface area contributed by atoms with Gasteiger partial charge < -0.3 is 15.4 Å². The number of pyridine rings is 2. The van der Waals surface area contributed by atoms with E-state index in [-0.39, 0.29) is 16.8 Å². The van der Waals surface area contributed by atoms with Gasteiger partial charge in [0.25, 0.3) is 0 Å². The summed E-state index contributed by atoms with van der Waals surface area (Å²) in [6.45, 7) is 4.52. The highest BCUT2D eigenvalue weighted by atomic mass is 32.2. The summed E-state index contributed by atoms with van der Waals surface area (Å²) in [4.78, 5) is 19.6. The zero-order valence-corrected chi connectivity index (χ0v) is 24.9. The van der Waals surface area contributed by atoms with Crippen molar-refractivity contribution < 1.29 is 13.2 Å². The Morgan fingerprint density at radius 1 is 1.05 bits per heavy atom. The Labute approximate surface area is 247 Å². The molecule has 1 aliphatic heterocycles. The Morgan fingerprint density at radius 2 is 1.90 bits per heavy atom. The lowest BCUT2D eigenvalue weighted by Gasteiger charge is -2.25. The van der Waals surface area contributed by atoms with E-state index in [1.165, 1.54) is 17.6 Å². The first-order chi connectivity index (χ1) is 20.2. The van der Waals surface area contributed by atoms with Crippen LogP contribution in [0.3, 0.4) is 0 Å². The first-order valence-corrected chi connectivity index (χ1v) is 16.1. The number of thiazole rings is 1. The minimum atomic E-state index is -3.62. The number of rotatable bonds is 7. The fourth-order valence-electron chi connectivity index (χ4n) is 5.00. The topological polar surface area (TPSA) is 148 Å². The van der Waals surface area contributed by atoms with Crippen LogP contribution in [-0.2, 0) is 14.6 Å². The number of nitriles is 1. The number of anilines is 4. The van der Waals surface area contributed by atoms with Crippen LogP contribution < -0.4 is 10.6 Å². The van der Waals surface area contributed by atoms with Gasteiger partial charge in [0.05, 0.1) is 16.3 Å². The monoisotopic (exact) mass is 600 g/mol. The van der Waals surface area contributed by atoms with Crippen LogP contribution in [0.15, 0.2) is 53.6 Å². The molecule has 1 saturated heterocycles. The predicted molar refractivity (Wildman–Crippen MR) is 162 cm³/mol. The molecule has 2 N–H and O–H groups in total. The van der Waals surface area contributed by atoms with Crippen molar-refractivity contribution in [2.24, 2.45) is 0 Å². The van der Waals surface area contributed by atoms with E-state index in [2.05, 4.69) is 20.6 Å². The van der Waals surface area contributed by atoms with E-state index in [0.29, 0.717) is 40.8 Å². The van der Waals surface area contributed by atoms with Crippen LogP contribution in [-0.4, -0.2) is 45.8 Å². The first-order valence-electron chi connectivity index (χ1n) is 13.4. The van der Waals surface area contributed by atoms with Gasteiger partial charge in [-0.3, -0.25) is 4.57 Å². The smallest absolute Gasteiger partial charge is 0.177 e. The summed E-state index contributed by atoms with van der Waals surface area (Å²) in [5.74, 6) is 1.62. The van der Waals surface area contributed by atoms with E-state index in [0.717, 1.165) is 40.5 Å². The van der Waals surface area contributed by atoms with Gasteiger partial charge in [-0.25, -0.2) is 28.4 Å². The lowest BCUT2D eigenvalue weighted by molar-refractivity contribution is -0.0308. The van der Waals surface area contributed by atoms with E-state index >= 15 is 0 Å². The van der Waals surface area contributed by atoms with Gasteiger partial charge >= 0.3 is 0 Å². The van der Waals surface area contributed by atoms with E-state index in [1.54, 1.807) is 42.6 Å². The van der Waals surface area contributed by atoms with Crippen LogP contribution in [0.25, 0.3) is 21.7 Å². The van der Waals surface area contributed by atoms with Crippen molar-refractivity contribution in [1.82, 2.24) is 24.5 Å². The lowest BCUT2D eigenvalue weighted by Crippen LogP contribution is -2.19. The van der Waals surface area contributed by atoms with Crippen LogP contribution in [0, 0.1) is 25.2 Å². The van der Waals surface area contributed by atoms with Crippen molar-refractivity contribution in [2.45, 2.75) is 44.2 Å². The maximum atomic E-state index is 13.0. The number of nitrogens with zero attached hydrogens (tertiary/aromatic N) is 6. The van der Waals surface area contributed by atoms with Gasteiger partial charge in [-0.05, 0) is 63.4 Å². The van der Waals surface area contributed by atoms with Gasteiger partial charge in [0.2, 0.25) is 0 Å². The number of hydrogen-bond acceptors (Lipinski definition) is 11. The Hall–Kier alpha value is -4.38. The molecule has 6 rings (SSSR count). The number of fused-ring (bicyclic) bond motifs is 1. The molecule has 0 amide bonds. The quantitative estimate of drug-likeness (QED) is 0.227. The van der Waals surface area contributed by atoms with Crippen molar-refractivity contribution in [3.8, 4) is 16.6 Å². The van der Waals surface area contributed by atoms with Crippen molar-refractivity contribution >= 4 is 55.3 Å². The highest BCUT2D eigenvalue weighted by Crippen LogP contribution is 2.37. The summed E-state index contributed by atoms with van der Waals surface area (Å²) in [5, 5.41) is 16.6. The molecule has 0 spiro atoms. The second kappa shape index (κ2) is 11.1. The summed E-state index contributed by atoms with van der Waals surface area (Å²) in [6, 6.07) is 14.1. The highest BCUT2D eigenvalue weighted by molar-refractivity contribution is 7.90. The van der Waals surface area contributed by atoms with Crippen LogP contribution in [0.1, 0.15) is 41.9 Å². The molecule has 1 atom stereocenters. The number of benzene rings is 1. The second-order valence-electron chi connectivity index (χ2n) is 10.1. The number of sulfone groups is 1. The maximum absolute atomic E-state index is 13.0. The average Bonchev–Trinajstić information content (AvgIpc) is 3.55. The molecule has 1 aromatic carbocycles. The van der Waals surface area contributed by atoms with Crippen LogP contribution in [0.4, 0.5) is 23.0 Å². The lowest BCUT2D eigenvalue weighted by atomic mass is 10.2. The molecule has 5 heterocycles. The Morgan fingerprint density at radius 3 is 2.62 bits per heavy atom. The Bertz CT molecular complexity index is 1950. The summed E-state index contributed by atoms with van der Waals surface area (Å²) in [6.07, 6.45) is 5.60. The fraction of sp³-hybridized carbons (Fsp3) is 0.276. The Balaban J connectivity index is 1.48. The maximum Gasteiger partial charge on any atom is 0.177 e. The largest absolute Gasteiger partial charge is 0.358 e. The third-order valence-corrected chi connectivity index (χ3v) is 9.01. The molecule has 0 bridgehead atoms. The van der Waals surface area contributed by atoms with Gasteiger partial charge in [-0.1, -0.05) is 6.07 Å². The zero-order valence-electron chi connectivity index (χ0n) is 23.2. The van der Waals surface area contributed by atoms with Crippen LogP contribution >= 0.6 is 11.3 Å². The van der Waals surface area contributed by atoms with Gasteiger partial charge in [0.1, 0.15) is 46.0 Å². The highest BCUT2D eigenvalue weighted by Gasteiger charge is 2.24. The van der Waals surface area contributed by atoms with Crippen molar-refractivity contribution in [3.63, 3.8) is 0 Å². The Kier molecular flexibility index (Phi) is 7.36. The molecule has 214 valence electrons. The number of aromatic nitrogens is 5. The number of imidazole rings is 1. The third kappa shape index (κ3) is 5.56. The van der Waals surface area contributed by atoms with Gasteiger partial charge in [0, 0.05) is 35.6 Å². The number of nitrogens with one attached hydrogen (secondary N) is 2. The van der Waals surface area contributed by atoms with Crippen molar-refractivity contribution in [1.29, 1.82) is 5.26 Å². The minimum Gasteiger partial charge on any atom is -0.358 e. The van der Waals surface area contributed by atoms with E-state index in [9.17, 15) is 13.7 Å². The third-order valence-electron chi connectivity index (χ3n) is 6.91. The fourth-order valence-corrected chi connectivity index (χ4v) is 6.62. The summed E-state index contributed by atoms with van der Waals surface area (Å²) >= 11 is 1.50. The molecule has 0 radical (unpaired) electrons. The number of aryl methyl sites for hydroxylation is 2. The molecule has 13 heteroatoms. The first kappa shape index (κ1) is 27.8. The van der Waals surface area contributed by atoms with Gasteiger partial charge in [-0.15, -0.1) is 11.3 Å². The molecule has 5 aromatic rings. The van der Waals surface area contributed by atoms with Crippen LogP contribution in [0.2, 0.25) is 0 Å². The average molecular weight is 601 g/mol. The number of hydrogen-bond donors (Lipinski definition) is 2. The minimum absolute atomic E-state index is 0.141. The van der Waals surface area contributed by atoms with Crippen molar-refractivity contribution in [3.05, 3.63) is 65.1 Å². The zero-order chi connectivity index (χ0) is 29.4. The summed E-state index contributed by atoms with van der Waals surface area (Å²) in [7, 11) is -3.62. The summed E-state index contributed by atoms with van der Waals surface area (Å²) in [5.41, 5.74) is 3.10. The SMILES string of the molecule is Cc1cnc(-c2ccc(Nc3cc(Nc4cccc(C#N)n4)nc4c3nc(C)n4C3CCCCO3)c(S(C)(=O)=O)c2)s1. The normalized spacial score (nSPS) is 15.4. The molecule has 4 aromatic heterocycles. The van der Waals surface area contributed by atoms with E-state index in [4.69, 9.17) is 14.7 Å². The second-order valence-corrected chi connectivity index (χ2v) is 13.3.